The molecule has 2 rings (SSSR count). The number of carboxylic acids is 1. The summed E-state index contributed by atoms with van der Waals surface area (Å²) in [5.41, 5.74) is 0.529. The van der Waals surface area contributed by atoms with Crippen LogP contribution in [0, 0.1) is 0 Å². The molecule has 0 aliphatic carbocycles. The maximum atomic E-state index is 12.1. The predicted octanol–water partition coefficient (Wildman–Crippen LogP) is 1.39. The first kappa shape index (κ1) is 13.8. The van der Waals surface area contributed by atoms with Crippen molar-refractivity contribution in [3.8, 4) is 0 Å². The fourth-order valence-corrected chi connectivity index (χ4v) is 1.83. The summed E-state index contributed by atoms with van der Waals surface area (Å²) in [5, 5.41) is 15.7. The van der Waals surface area contributed by atoms with E-state index in [4.69, 9.17) is 0 Å². The minimum Gasteiger partial charge on any atom is -0.479 e. The fraction of sp³-hybridized carbons (Fsp3) is 0.214. The third-order valence-corrected chi connectivity index (χ3v) is 2.97. The number of hydrogen-bond donors (Lipinski definition) is 2. The number of benzene rings is 1. The summed E-state index contributed by atoms with van der Waals surface area (Å²) in [6.07, 6.45) is 3.22. The minimum atomic E-state index is -1.10. The molecule has 0 saturated carbocycles. The van der Waals surface area contributed by atoms with Crippen LogP contribution in [-0.4, -0.2) is 26.8 Å². The molecule has 0 aliphatic heterocycles. The van der Waals surface area contributed by atoms with Crippen LogP contribution in [0.3, 0.4) is 0 Å². The van der Waals surface area contributed by atoms with Gasteiger partial charge in [0.25, 0.3) is 0 Å². The molecule has 0 spiro atoms. The van der Waals surface area contributed by atoms with E-state index in [9.17, 15) is 14.7 Å². The largest absolute Gasteiger partial charge is 0.479 e. The SMILES string of the molecule is CC(C(=O)N[C@H](C(=O)O)c1ccccc1)n1cccn1. The summed E-state index contributed by atoms with van der Waals surface area (Å²) in [6.45, 7) is 1.66. The van der Waals surface area contributed by atoms with E-state index in [1.807, 2.05) is 0 Å². The first-order valence-corrected chi connectivity index (χ1v) is 6.17. The summed E-state index contributed by atoms with van der Waals surface area (Å²) in [5.74, 6) is -1.50. The van der Waals surface area contributed by atoms with Crippen molar-refractivity contribution in [2.75, 3.05) is 0 Å². The highest BCUT2D eigenvalue weighted by Gasteiger charge is 2.25. The molecule has 1 unspecified atom stereocenters. The standard InChI is InChI=1S/C14H15N3O3/c1-10(17-9-5-8-15-17)13(18)16-12(14(19)20)11-6-3-2-4-7-11/h2-10,12H,1H3,(H,16,18)(H,19,20)/t10?,12-/m0/s1. The number of carbonyl (C=O) groups excluding carboxylic acids is 1. The van der Waals surface area contributed by atoms with Gasteiger partial charge in [0.15, 0.2) is 6.04 Å². The van der Waals surface area contributed by atoms with Gasteiger partial charge in [0.1, 0.15) is 6.04 Å². The van der Waals surface area contributed by atoms with Gasteiger partial charge >= 0.3 is 5.97 Å². The Hall–Kier alpha value is -2.63. The molecular formula is C14H15N3O3. The van der Waals surface area contributed by atoms with Crippen molar-refractivity contribution in [2.24, 2.45) is 0 Å². The van der Waals surface area contributed by atoms with Gasteiger partial charge in [0, 0.05) is 12.4 Å². The minimum absolute atomic E-state index is 0.398. The molecular weight excluding hydrogens is 258 g/mol. The van der Waals surface area contributed by atoms with Gasteiger partial charge in [0.2, 0.25) is 5.91 Å². The van der Waals surface area contributed by atoms with E-state index in [-0.39, 0.29) is 0 Å². The molecule has 20 heavy (non-hydrogen) atoms. The number of aliphatic carboxylic acids is 1. The highest BCUT2D eigenvalue weighted by atomic mass is 16.4. The quantitative estimate of drug-likeness (QED) is 0.862. The summed E-state index contributed by atoms with van der Waals surface area (Å²) in [7, 11) is 0. The lowest BCUT2D eigenvalue weighted by Crippen LogP contribution is -2.37. The van der Waals surface area contributed by atoms with Gasteiger partial charge in [-0.2, -0.15) is 5.10 Å². The molecule has 6 heteroatoms. The monoisotopic (exact) mass is 273 g/mol. The van der Waals surface area contributed by atoms with Gasteiger partial charge in [-0.15, -0.1) is 0 Å². The second-order valence-electron chi connectivity index (χ2n) is 4.35. The van der Waals surface area contributed by atoms with Crippen molar-refractivity contribution in [1.82, 2.24) is 15.1 Å². The highest BCUT2D eigenvalue weighted by molar-refractivity contribution is 5.86. The number of carbonyl (C=O) groups is 2. The summed E-state index contributed by atoms with van der Waals surface area (Å²) in [6, 6.07) is 8.64. The number of rotatable bonds is 5. The van der Waals surface area contributed by atoms with Crippen LogP contribution >= 0.6 is 0 Å². The lowest BCUT2D eigenvalue weighted by molar-refractivity contribution is -0.142. The summed E-state index contributed by atoms with van der Waals surface area (Å²) < 4.78 is 1.47. The molecule has 2 aromatic rings. The molecule has 2 atom stereocenters. The van der Waals surface area contributed by atoms with Gasteiger partial charge in [-0.05, 0) is 18.6 Å². The van der Waals surface area contributed by atoms with Crippen molar-refractivity contribution in [3.63, 3.8) is 0 Å². The Kier molecular flexibility index (Phi) is 4.14. The van der Waals surface area contributed by atoms with Crippen LogP contribution in [-0.2, 0) is 9.59 Å². The summed E-state index contributed by atoms with van der Waals surface area (Å²) >= 11 is 0. The predicted molar refractivity (Wildman–Crippen MR) is 71.9 cm³/mol. The van der Waals surface area contributed by atoms with E-state index >= 15 is 0 Å². The average molecular weight is 273 g/mol. The molecule has 2 N–H and O–H groups in total. The molecule has 1 aromatic heterocycles. The summed E-state index contributed by atoms with van der Waals surface area (Å²) in [4.78, 5) is 23.4. The zero-order chi connectivity index (χ0) is 14.5. The van der Waals surface area contributed by atoms with E-state index in [0.29, 0.717) is 5.56 Å². The van der Waals surface area contributed by atoms with Gasteiger partial charge in [-0.25, -0.2) is 4.79 Å². The number of aromatic nitrogens is 2. The lowest BCUT2D eigenvalue weighted by Gasteiger charge is -2.18. The third kappa shape index (κ3) is 3.03. The van der Waals surface area contributed by atoms with Crippen LogP contribution in [0.25, 0.3) is 0 Å². The number of nitrogens with one attached hydrogen (secondary N) is 1. The van der Waals surface area contributed by atoms with Crippen LogP contribution in [0.4, 0.5) is 0 Å². The molecule has 6 nitrogen and oxygen atoms in total. The number of nitrogens with zero attached hydrogens (tertiary/aromatic N) is 2. The molecule has 0 saturated heterocycles. The molecule has 0 radical (unpaired) electrons. The van der Waals surface area contributed by atoms with E-state index in [1.54, 1.807) is 55.7 Å². The Morgan fingerprint density at radius 1 is 1.25 bits per heavy atom. The van der Waals surface area contributed by atoms with E-state index in [2.05, 4.69) is 10.4 Å². The Balaban J connectivity index is 2.13. The zero-order valence-corrected chi connectivity index (χ0v) is 10.9. The van der Waals surface area contributed by atoms with Crippen LogP contribution < -0.4 is 5.32 Å². The maximum absolute atomic E-state index is 12.1. The maximum Gasteiger partial charge on any atom is 0.330 e. The second kappa shape index (κ2) is 6.01. The van der Waals surface area contributed by atoms with Crippen LogP contribution in [0.15, 0.2) is 48.8 Å². The normalized spacial score (nSPS) is 13.4. The Morgan fingerprint density at radius 3 is 2.50 bits per heavy atom. The van der Waals surface area contributed by atoms with Gasteiger partial charge in [-0.3, -0.25) is 9.48 Å². The molecule has 0 bridgehead atoms. The van der Waals surface area contributed by atoms with E-state index < -0.39 is 24.0 Å². The van der Waals surface area contributed by atoms with E-state index in [0.717, 1.165) is 0 Å². The molecule has 0 fully saturated rings. The Morgan fingerprint density at radius 2 is 1.95 bits per heavy atom. The second-order valence-corrected chi connectivity index (χ2v) is 4.35. The zero-order valence-electron chi connectivity index (χ0n) is 10.9. The lowest BCUT2D eigenvalue weighted by atomic mass is 10.1. The van der Waals surface area contributed by atoms with Crippen molar-refractivity contribution in [2.45, 2.75) is 19.0 Å². The van der Waals surface area contributed by atoms with Gasteiger partial charge in [0.05, 0.1) is 0 Å². The van der Waals surface area contributed by atoms with Crippen LogP contribution in [0.2, 0.25) is 0 Å². The topological polar surface area (TPSA) is 84.2 Å². The number of hydrogen-bond acceptors (Lipinski definition) is 3. The molecule has 1 amide bonds. The van der Waals surface area contributed by atoms with Crippen molar-refractivity contribution >= 4 is 11.9 Å². The van der Waals surface area contributed by atoms with Crippen LogP contribution in [0.1, 0.15) is 24.6 Å². The fourth-order valence-electron chi connectivity index (χ4n) is 1.83. The average Bonchev–Trinajstić information content (AvgIpc) is 2.98. The van der Waals surface area contributed by atoms with Crippen molar-refractivity contribution in [3.05, 3.63) is 54.4 Å². The molecule has 1 aromatic carbocycles. The first-order valence-electron chi connectivity index (χ1n) is 6.17. The third-order valence-electron chi connectivity index (χ3n) is 2.97. The first-order chi connectivity index (χ1) is 9.59. The van der Waals surface area contributed by atoms with Gasteiger partial charge < -0.3 is 10.4 Å². The number of carboxylic acid groups (broad SMARTS) is 1. The van der Waals surface area contributed by atoms with Crippen molar-refractivity contribution in [1.29, 1.82) is 0 Å². The Labute approximate surface area is 116 Å². The van der Waals surface area contributed by atoms with Gasteiger partial charge in [-0.1, -0.05) is 30.3 Å². The molecule has 104 valence electrons. The number of amides is 1. The van der Waals surface area contributed by atoms with Crippen LogP contribution in [0.5, 0.6) is 0 Å². The molecule has 0 aliphatic rings. The molecule has 1 heterocycles. The van der Waals surface area contributed by atoms with E-state index in [1.165, 1.54) is 4.68 Å². The highest BCUT2D eigenvalue weighted by Crippen LogP contribution is 2.14. The van der Waals surface area contributed by atoms with Crippen molar-refractivity contribution < 1.29 is 14.7 Å². The smallest absolute Gasteiger partial charge is 0.330 e. The Bertz CT molecular complexity index is 581.